The highest BCUT2D eigenvalue weighted by atomic mass is 32.1. The molecule has 0 radical (unpaired) electrons. The van der Waals surface area contributed by atoms with Gasteiger partial charge in [-0.15, -0.1) is 11.3 Å². The predicted molar refractivity (Wildman–Crippen MR) is 115 cm³/mol. The number of para-hydroxylation sites is 1. The molecular formula is C22H22N2O4S. The number of hydrogen-bond donors (Lipinski definition) is 1. The molecule has 1 aromatic heterocycles. The smallest absolute Gasteiger partial charge is 0.248 e. The largest absolute Gasteiger partial charge is 0.497 e. The summed E-state index contributed by atoms with van der Waals surface area (Å²) in [5.74, 6) is 1.61. The van der Waals surface area contributed by atoms with Crippen molar-refractivity contribution in [2.45, 2.75) is 13.5 Å². The summed E-state index contributed by atoms with van der Waals surface area (Å²) >= 11 is 1.59. The fraction of sp³-hybridized carbons (Fsp3) is 0.182. The number of amides is 1. The van der Waals surface area contributed by atoms with E-state index in [4.69, 9.17) is 14.2 Å². The third-order valence-electron chi connectivity index (χ3n) is 3.99. The number of benzene rings is 2. The fourth-order valence-electron chi connectivity index (χ4n) is 2.60. The van der Waals surface area contributed by atoms with Crippen molar-refractivity contribution in [3.05, 3.63) is 70.2 Å². The highest BCUT2D eigenvalue weighted by Crippen LogP contribution is 2.26. The second kappa shape index (κ2) is 9.75. The van der Waals surface area contributed by atoms with Crippen LogP contribution in [0.15, 0.2) is 53.9 Å². The average Bonchev–Trinajstić information content (AvgIpc) is 3.16. The molecule has 0 bridgehead atoms. The molecule has 0 unspecified atom stereocenters. The van der Waals surface area contributed by atoms with Gasteiger partial charge < -0.3 is 19.5 Å². The SMILES string of the molecule is COc1cc(NC(=O)/C=C/c2ccccc2OCc2csc(C)n2)cc(OC)c1. The molecule has 6 nitrogen and oxygen atoms in total. The van der Waals surface area contributed by atoms with Gasteiger partial charge in [0.15, 0.2) is 0 Å². The van der Waals surface area contributed by atoms with Crippen molar-refractivity contribution in [2.24, 2.45) is 0 Å². The van der Waals surface area contributed by atoms with Crippen LogP contribution in [0.4, 0.5) is 5.69 Å². The number of methoxy groups -OCH3 is 2. The van der Waals surface area contributed by atoms with Gasteiger partial charge >= 0.3 is 0 Å². The number of anilines is 1. The second-order valence-electron chi connectivity index (χ2n) is 6.11. The molecule has 7 heteroatoms. The third-order valence-corrected chi connectivity index (χ3v) is 4.82. The van der Waals surface area contributed by atoms with E-state index in [0.717, 1.165) is 16.3 Å². The van der Waals surface area contributed by atoms with E-state index in [9.17, 15) is 4.79 Å². The van der Waals surface area contributed by atoms with Gasteiger partial charge in [0.2, 0.25) is 5.91 Å². The predicted octanol–water partition coefficient (Wildman–Crippen LogP) is 4.70. The Hall–Kier alpha value is -3.32. The van der Waals surface area contributed by atoms with Gasteiger partial charge in [0.1, 0.15) is 23.9 Å². The van der Waals surface area contributed by atoms with Gasteiger partial charge in [0, 0.05) is 40.9 Å². The van der Waals surface area contributed by atoms with Gasteiger partial charge in [-0.2, -0.15) is 0 Å². The van der Waals surface area contributed by atoms with Crippen LogP contribution >= 0.6 is 11.3 Å². The number of nitrogens with one attached hydrogen (secondary N) is 1. The lowest BCUT2D eigenvalue weighted by atomic mass is 10.2. The minimum atomic E-state index is -0.273. The molecule has 3 rings (SSSR count). The highest BCUT2D eigenvalue weighted by Gasteiger charge is 2.06. The van der Waals surface area contributed by atoms with E-state index in [1.807, 2.05) is 36.6 Å². The van der Waals surface area contributed by atoms with Crippen LogP contribution in [0.2, 0.25) is 0 Å². The summed E-state index contributed by atoms with van der Waals surface area (Å²) < 4.78 is 16.3. The molecule has 0 saturated heterocycles. The number of thiazole rings is 1. The molecule has 0 spiro atoms. The fourth-order valence-corrected chi connectivity index (χ4v) is 3.20. The van der Waals surface area contributed by atoms with E-state index >= 15 is 0 Å². The van der Waals surface area contributed by atoms with Crippen molar-refractivity contribution >= 4 is 29.0 Å². The molecule has 150 valence electrons. The molecule has 0 saturated carbocycles. The summed E-state index contributed by atoms with van der Waals surface area (Å²) in [6, 6.07) is 12.7. The first kappa shape index (κ1) is 20.4. The van der Waals surface area contributed by atoms with Crippen LogP contribution < -0.4 is 19.5 Å². The van der Waals surface area contributed by atoms with Gasteiger partial charge in [-0.3, -0.25) is 4.79 Å². The normalized spacial score (nSPS) is 10.7. The molecule has 3 aromatic rings. The van der Waals surface area contributed by atoms with E-state index in [-0.39, 0.29) is 5.91 Å². The number of rotatable bonds is 8. The molecule has 0 aliphatic rings. The molecule has 29 heavy (non-hydrogen) atoms. The van der Waals surface area contributed by atoms with Gasteiger partial charge in [-0.05, 0) is 19.1 Å². The van der Waals surface area contributed by atoms with Gasteiger partial charge in [0.05, 0.1) is 24.9 Å². The number of ether oxygens (including phenoxy) is 3. The number of aromatic nitrogens is 1. The lowest BCUT2D eigenvalue weighted by molar-refractivity contribution is -0.111. The average molecular weight is 410 g/mol. The molecule has 1 heterocycles. The minimum Gasteiger partial charge on any atom is -0.497 e. The first-order valence-corrected chi connectivity index (χ1v) is 9.80. The molecule has 0 aliphatic heterocycles. The number of carbonyl (C=O) groups is 1. The Morgan fingerprint density at radius 2 is 1.86 bits per heavy atom. The Balaban J connectivity index is 1.67. The topological polar surface area (TPSA) is 69.7 Å². The molecule has 1 N–H and O–H groups in total. The molecule has 0 fully saturated rings. The second-order valence-corrected chi connectivity index (χ2v) is 7.17. The van der Waals surface area contributed by atoms with Gasteiger partial charge in [-0.1, -0.05) is 18.2 Å². The van der Waals surface area contributed by atoms with Crippen LogP contribution in [-0.4, -0.2) is 25.1 Å². The lowest BCUT2D eigenvalue weighted by Gasteiger charge is -2.09. The van der Waals surface area contributed by atoms with Crippen LogP contribution in [0.1, 0.15) is 16.3 Å². The Morgan fingerprint density at radius 3 is 2.52 bits per heavy atom. The molecule has 2 aromatic carbocycles. The zero-order valence-electron chi connectivity index (χ0n) is 16.5. The standard InChI is InChI=1S/C22H22N2O4S/c1-15-23-18(14-29-15)13-28-21-7-5-4-6-16(21)8-9-22(25)24-17-10-19(26-2)12-20(11-17)27-3/h4-12,14H,13H2,1-3H3,(H,24,25)/b9-8+. The first-order valence-electron chi connectivity index (χ1n) is 8.92. The van der Waals surface area contributed by atoms with E-state index < -0.39 is 0 Å². The van der Waals surface area contributed by atoms with Crippen LogP contribution in [0, 0.1) is 6.92 Å². The Kier molecular flexibility index (Phi) is 6.86. The maximum atomic E-state index is 12.3. The summed E-state index contributed by atoms with van der Waals surface area (Å²) in [4.78, 5) is 16.7. The van der Waals surface area contributed by atoms with Gasteiger partial charge in [0.25, 0.3) is 0 Å². The third kappa shape index (κ3) is 5.83. The minimum absolute atomic E-state index is 0.273. The van der Waals surface area contributed by atoms with E-state index in [0.29, 0.717) is 29.5 Å². The van der Waals surface area contributed by atoms with Crippen molar-refractivity contribution < 1.29 is 19.0 Å². The molecular weight excluding hydrogens is 388 g/mol. The Labute approximate surface area is 173 Å². The summed E-state index contributed by atoms with van der Waals surface area (Å²) in [5.41, 5.74) is 2.27. The van der Waals surface area contributed by atoms with Crippen LogP contribution in [0.3, 0.4) is 0 Å². The van der Waals surface area contributed by atoms with E-state index in [1.165, 1.54) is 6.08 Å². The van der Waals surface area contributed by atoms with Crippen LogP contribution in [0.5, 0.6) is 17.2 Å². The van der Waals surface area contributed by atoms with Gasteiger partial charge in [-0.25, -0.2) is 4.98 Å². The number of nitrogens with zero attached hydrogens (tertiary/aromatic N) is 1. The molecule has 1 amide bonds. The maximum Gasteiger partial charge on any atom is 0.248 e. The lowest BCUT2D eigenvalue weighted by Crippen LogP contribution is -2.08. The quantitative estimate of drug-likeness (QED) is 0.545. The highest BCUT2D eigenvalue weighted by molar-refractivity contribution is 7.09. The van der Waals surface area contributed by atoms with Crippen molar-refractivity contribution in [1.29, 1.82) is 0 Å². The number of carbonyl (C=O) groups excluding carboxylic acids is 1. The zero-order valence-corrected chi connectivity index (χ0v) is 17.3. The number of hydrogen-bond acceptors (Lipinski definition) is 6. The first-order chi connectivity index (χ1) is 14.1. The molecule has 0 aliphatic carbocycles. The Morgan fingerprint density at radius 1 is 1.14 bits per heavy atom. The van der Waals surface area contributed by atoms with Crippen LogP contribution in [-0.2, 0) is 11.4 Å². The summed E-state index contributed by atoms with van der Waals surface area (Å²) in [5, 5.41) is 5.78. The number of aryl methyl sites for hydroxylation is 1. The zero-order chi connectivity index (χ0) is 20.6. The molecule has 0 atom stereocenters. The van der Waals surface area contributed by atoms with Crippen molar-refractivity contribution in [2.75, 3.05) is 19.5 Å². The summed E-state index contributed by atoms with van der Waals surface area (Å²) in [7, 11) is 3.12. The van der Waals surface area contributed by atoms with E-state index in [2.05, 4.69) is 10.3 Å². The van der Waals surface area contributed by atoms with Crippen molar-refractivity contribution in [1.82, 2.24) is 4.98 Å². The van der Waals surface area contributed by atoms with Crippen molar-refractivity contribution in [3.63, 3.8) is 0 Å². The summed E-state index contributed by atoms with van der Waals surface area (Å²) in [6.07, 6.45) is 3.18. The van der Waals surface area contributed by atoms with Crippen molar-refractivity contribution in [3.8, 4) is 17.2 Å². The Bertz CT molecular complexity index is 991. The van der Waals surface area contributed by atoms with Crippen LogP contribution in [0.25, 0.3) is 6.08 Å². The van der Waals surface area contributed by atoms with E-state index in [1.54, 1.807) is 49.8 Å². The monoisotopic (exact) mass is 410 g/mol. The maximum absolute atomic E-state index is 12.3. The summed E-state index contributed by atoms with van der Waals surface area (Å²) in [6.45, 7) is 2.34.